The van der Waals surface area contributed by atoms with Gasteiger partial charge in [0, 0.05) is 31.3 Å². The number of piperidine rings is 1. The molecule has 0 aromatic carbocycles. The van der Waals surface area contributed by atoms with Crippen LogP contribution in [0, 0.1) is 0 Å². The van der Waals surface area contributed by atoms with Crippen LogP contribution in [0.5, 0.6) is 0 Å². The number of rotatable bonds is 4. The molecule has 2 bridgehead atoms. The van der Waals surface area contributed by atoms with Crippen LogP contribution in [0.3, 0.4) is 0 Å². The normalized spacial score (nSPS) is 45.9. The molecule has 0 radical (unpaired) electrons. The number of methoxy groups -OCH3 is 1. The number of ether oxygens (including phenoxy) is 1. The minimum atomic E-state index is 0.547. The molecule has 2 atom stereocenters. The molecule has 3 nitrogen and oxygen atoms in total. The van der Waals surface area contributed by atoms with Crippen molar-refractivity contribution >= 4 is 0 Å². The molecular formula is C14H26N2O. The van der Waals surface area contributed by atoms with Gasteiger partial charge in [-0.25, -0.2) is 0 Å². The van der Waals surface area contributed by atoms with Crippen molar-refractivity contribution < 1.29 is 4.74 Å². The zero-order chi connectivity index (χ0) is 11.8. The monoisotopic (exact) mass is 238 g/mol. The Bertz CT molecular complexity index is 251. The average molecular weight is 238 g/mol. The standard InChI is InChI=1S/C14H26N2O/c1-3-15-10-6-11-4-5-12(7-10)16(11)13-8-14(9-13)17-2/h10-15H,3-9H2,1-2H3. The van der Waals surface area contributed by atoms with Gasteiger partial charge in [0.1, 0.15) is 0 Å². The molecule has 2 unspecified atom stereocenters. The van der Waals surface area contributed by atoms with Crippen molar-refractivity contribution in [2.24, 2.45) is 0 Å². The Balaban J connectivity index is 1.58. The van der Waals surface area contributed by atoms with Gasteiger partial charge >= 0.3 is 0 Å². The van der Waals surface area contributed by atoms with Crippen molar-refractivity contribution in [3.8, 4) is 0 Å². The smallest absolute Gasteiger partial charge is 0.0601 e. The van der Waals surface area contributed by atoms with Crippen LogP contribution in [0.15, 0.2) is 0 Å². The predicted molar refractivity (Wildman–Crippen MR) is 69.2 cm³/mol. The molecule has 2 aliphatic heterocycles. The number of nitrogens with zero attached hydrogens (tertiary/aromatic N) is 1. The second-order valence-electron chi connectivity index (χ2n) is 6.04. The molecule has 3 fully saturated rings. The third kappa shape index (κ3) is 2.13. The van der Waals surface area contributed by atoms with Crippen molar-refractivity contribution in [2.45, 2.75) is 75.7 Å². The van der Waals surface area contributed by atoms with Crippen molar-refractivity contribution in [1.82, 2.24) is 10.2 Å². The zero-order valence-corrected chi connectivity index (χ0v) is 11.2. The molecule has 0 aromatic heterocycles. The Morgan fingerprint density at radius 2 is 1.71 bits per heavy atom. The van der Waals surface area contributed by atoms with E-state index < -0.39 is 0 Å². The third-order valence-electron chi connectivity index (χ3n) is 5.11. The van der Waals surface area contributed by atoms with Crippen molar-refractivity contribution in [2.75, 3.05) is 13.7 Å². The van der Waals surface area contributed by atoms with Gasteiger partial charge in [-0.05, 0) is 45.1 Å². The van der Waals surface area contributed by atoms with Crippen LogP contribution < -0.4 is 5.32 Å². The van der Waals surface area contributed by atoms with Crippen molar-refractivity contribution in [3.05, 3.63) is 0 Å². The number of nitrogens with one attached hydrogen (secondary N) is 1. The first-order valence-corrected chi connectivity index (χ1v) is 7.35. The maximum absolute atomic E-state index is 5.42. The summed E-state index contributed by atoms with van der Waals surface area (Å²) in [5.74, 6) is 0. The summed E-state index contributed by atoms with van der Waals surface area (Å²) < 4.78 is 5.42. The largest absolute Gasteiger partial charge is 0.381 e. The van der Waals surface area contributed by atoms with Gasteiger partial charge in [0.05, 0.1) is 6.10 Å². The van der Waals surface area contributed by atoms with Gasteiger partial charge in [-0.3, -0.25) is 4.90 Å². The van der Waals surface area contributed by atoms with E-state index in [4.69, 9.17) is 4.74 Å². The molecule has 0 aromatic rings. The quantitative estimate of drug-likeness (QED) is 0.808. The Morgan fingerprint density at radius 1 is 1.06 bits per heavy atom. The summed E-state index contributed by atoms with van der Waals surface area (Å²) >= 11 is 0. The number of fused-ring (bicyclic) bond motifs is 2. The van der Waals surface area contributed by atoms with E-state index >= 15 is 0 Å². The second-order valence-corrected chi connectivity index (χ2v) is 6.04. The van der Waals surface area contributed by atoms with Crippen LogP contribution in [-0.2, 0) is 4.74 Å². The maximum atomic E-state index is 5.42. The summed E-state index contributed by atoms with van der Waals surface area (Å²) in [6.45, 7) is 3.35. The summed E-state index contributed by atoms with van der Waals surface area (Å²) in [4.78, 5) is 2.85. The number of hydrogen-bond acceptors (Lipinski definition) is 3. The predicted octanol–water partition coefficient (Wildman–Crippen LogP) is 1.77. The zero-order valence-electron chi connectivity index (χ0n) is 11.2. The fourth-order valence-corrected chi connectivity index (χ4v) is 4.24. The first-order valence-electron chi connectivity index (χ1n) is 7.35. The van der Waals surface area contributed by atoms with E-state index in [0.717, 1.165) is 30.7 Å². The lowest BCUT2D eigenvalue weighted by atomic mass is 9.84. The highest BCUT2D eigenvalue weighted by atomic mass is 16.5. The molecule has 1 aliphatic carbocycles. The summed E-state index contributed by atoms with van der Waals surface area (Å²) in [5.41, 5.74) is 0. The van der Waals surface area contributed by atoms with E-state index in [0.29, 0.717) is 6.10 Å². The fourth-order valence-electron chi connectivity index (χ4n) is 4.24. The highest BCUT2D eigenvalue weighted by molar-refractivity contribution is 5.03. The van der Waals surface area contributed by atoms with E-state index in [2.05, 4.69) is 17.1 Å². The third-order valence-corrected chi connectivity index (χ3v) is 5.11. The summed E-state index contributed by atoms with van der Waals surface area (Å²) in [6, 6.07) is 3.34. The van der Waals surface area contributed by atoms with Crippen LogP contribution in [0.25, 0.3) is 0 Å². The first-order chi connectivity index (χ1) is 8.31. The van der Waals surface area contributed by atoms with Crippen LogP contribution >= 0.6 is 0 Å². The summed E-state index contributed by atoms with van der Waals surface area (Å²) in [6.07, 6.45) is 8.70. The lowest BCUT2D eigenvalue weighted by Gasteiger charge is -2.49. The van der Waals surface area contributed by atoms with Crippen molar-refractivity contribution in [3.63, 3.8) is 0 Å². The van der Waals surface area contributed by atoms with E-state index in [9.17, 15) is 0 Å². The van der Waals surface area contributed by atoms with Gasteiger partial charge in [-0.1, -0.05) is 6.92 Å². The fraction of sp³-hybridized carbons (Fsp3) is 1.00. The number of hydrogen-bond donors (Lipinski definition) is 1. The first kappa shape index (κ1) is 11.9. The molecule has 1 N–H and O–H groups in total. The molecule has 2 heterocycles. The van der Waals surface area contributed by atoms with E-state index in [-0.39, 0.29) is 0 Å². The Morgan fingerprint density at radius 3 is 2.24 bits per heavy atom. The Hall–Kier alpha value is -0.120. The van der Waals surface area contributed by atoms with Crippen LogP contribution in [-0.4, -0.2) is 48.8 Å². The lowest BCUT2D eigenvalue weighted by molar-refractivity contribution is -0.0561. The topological polar surface area (TPSA) is 24.5 Å². The molecule has 3 heteroatoms. The molecule has 3 rings (SSSR count). The molecule has 0 spiro atoms. The van der Waals surface area contributed by atoms with Crippen LogP contribution in [0.4, 0.5) is 0 Å². The van der Waals surface area contributed by atoms with Gasteiger partial charge < -0.3 is 10.1 Å². The highest BCUT2D eigenvalue weighted by Gasteiger charge is 2.47. The Kier molecular flexibility index (Phi) is 3.42. The lowest BCUT2D eigenvalue weighted by Crippen LogP contribution is -2.57. The van der Waals surface area contributed by atoms with E-state index in [1.807, 2.05) is 7.11 Å². The molecule has 17 heavy (non-hydrogen) atoms. The molecule has 0 amide bonds. The van der Waals surface area contributed by atoms with Crippen LogP contribution in [0.1, 0.15) is 45.4 Å². The van der Waals surface area contributed by atoms with Gasteiger partial charge in [-0.2, -0.15) is 0 Å². The van der Waals surface area contributed by atoms with Gasteiger partial charge in [-0.15, -0.1) is 0 Å². The molecule has 3 aliphatic rings. The summed E-state index contributed by atoms with van der Waals surface area (Å²) in [5, 5.41) is 3.65. The van der Waals surface area contributed by atoms with Gasteiger partial charge in [0.15, 0.2) is 0 Å². The highest BCUT2D eigenvalue weighted by Crippen LogP contribution is 2.42. The van der Waals surface area contributed by atoms with Gasteiger partial charge in [0.2, 0.25) is 0 Å². The minimum absolute atomic E-state index is 0.547. The van der Waals surface area contributed by atoms with Crippen LogP contribution in [0.2, 0.25) is 0 Å². The van der Waals surface area contributed by atoms with E-state index in [1.165, 1.54) is 38.5 Å². The van der Waals surface area contributed by atoms with E-state index in [1.54, 1.807) is 0 Å². The average Bonchev–Trinajstić information content (AvgIpc) is 2.52. The molecule has 2 saturated heterocycles. The molecular weight excluding hydrogens is 212 g/mol. The van der Waals surface area contributed by atoms with Crippen molar-refractivity contribution in [1.29, 1.82) is 0 Å². The Labute approximate surface area is 105 Å². The maximum Gasteiger partial charge on any atom is 0.0601 e. The summed E-state index contributed by atoms with van der Waals surface area (Å²) in [7, 11) is 1.85. The second kappa shape index (κ2) is 4.87. The van der Waals surface area contributed by atoms with Gasteiger partial charge in [0.25, 0.3) is 0 Å². The SMILES string of the molecule is CCNC1CC2CCC(C1)N2C1CC(OC)C1. The minimum Gasteiger partial charge on any atom is -0.381 e. The molecule has 1 saturated carbocycles. The molecule has 98 valence electrons.